The molecule has 2 aromatic carbocycles. The Hall–Kier alpha value is -2.99. The molecule has 3 rings (SSSR count). The molecule has 27 heavy (non-hydrogen) atoms. The second-order valence-corrected chi connectivity index (χ2v) is 6.46. The van der Waals surface area contributed by atoms with Crippen molar-refractivity contribution in [3.63, 3.8) is 0 Å². The van der Waals surface area contributed by atoms with Crippen molar-refractivity contribution < 1.29 is 9.47 Å². The number of methoxy groups -OCH3 is 1. The molecule has 0 amide bonds. The lowest BCUT2D eigenvalue weighted by atomic mass is 10.3. The van der Waals surface area contributed by atoms with Gasteiger partial charge in [-0.15, -0.1) is 0 Å². The molecule has 7 heteroatoms. The van der Waals surface area contributed by atoms with Crippen molar-refractivity contribution in [2.45, 2.75) is 20.0 Å². The summed E-state index contributed by atoms with van der Waals surface area (Å²) in [4.78, 5) is 8.53. The van der Waals surface area contributed by atoms with E-state index < -0.39 is 0 Å². The van der Waals surface area contributed by atoms with E-state index in [4.69, 9.17) is 21.1 Å². The molecule has 0 radical (unpaired) electrons. The summed E-state index contributed by atoms with van der Waals surface area (Å²) in [5, 5.41) is 7.00. The second-order valence-electron chi connectivity index (χ2n) is 6.05. The van der Waals surface area contributed by atoms with Gasteiger partial charge in [0, 0.05) is 11.8 Å². The molecule has 1 heterocycles. The van der Waals surface area contributed by atoms with Crippen molar-refractivity contribution in [3.8, 4) is 11.5 Å². The fourth-order valence-electron chi connectivity index (χ4n) is 2.45. The number of nitrogens with one attached hydrogen (secondary N) is 2. The van der Waals surface area contributed by atoms with Crippen LogP contribution in [0, 0.1) is 0 Å². The molecule has 0 aliphatic rings. The van der Waals surface area contributed by atoms with Gasteiger partial charge >= 0.3 is 0 Å². The predicted molar refractivity (Wildman–Crippen MR) is 109 cm³/mol. The van der Waals surface area contributed by atoms with E-state index in [1.807, 2.05) is 50.2 Å². The van der Waals surface area contributed by atoms with Crippen LogP contribution in [-0.4, -0.2) is 23.2 Å². The van der Waals surface area contributed by atoms with Crippen LogP contribution in [0.1, 0.15) is 13.8 Å². The first kappa shape index (κ1) is 18.8. The predicted octanol–water partition coefficient (Wildman–Crippen LogP) is 5.41. The molecule has 2 N–H and O–H groups in total. The van der Waals surface area contributed by atoms with E-state index >= 15 is 0 Å². The highest BCUT2D eigenvalue weighted by atomic mass is 35.5. The average Bonchev–Trinajstić information content (AvgIpc) is 2.63. The van der Waals surface area contributed by atoms with Crippen molar-refractivity contribution in [1.29, 1.82) is 0 Å². The second kappa shape index (κ2) is 8.60. The summed E-state index contributed by atoms with van der Waals surface area (Å²) in [6, 6.07) is 15.0. The van der Waals surface area contributed by atoms with Gasteiger partial charge in [0.15, 0.2) is 0 Å². The number of anilines is 4. The first-order valence-electron chi connectivity index (χ1n) is 8.50. The molecule has 0 aliphatic carbocycles. The van der Waals surface area contributed by atoms with E-state index in [2.05, 4.69) is 20.6 Å². The van der Waals surface area contributed by atoms with Crippen LogP contribution in [0.5, 0.6) is 11.5 Å². The number of ether oxygens (including phenoxy) is 2. The summed E-state index contributed by atoms with van der Waals surface area (Å²) in [5.41, 5.74) is 1.64. The molecule has 3 aromatic rings. The van der Waals surface area contributed by atoms with Crippen molar-refractivity contribution in [3.05, 3.63) is 59.9 Å². The van der Waals surface area contributed by atoms with Gasteiger partial charge in [-0.3, -0.25) is 0 Å². The van der Waals surface area contributed by atoms with Crippen LogP contribution in [0.3, 0.4) is 0 Å². The van der Waals surface area contributed by atoms with Crippen LogP contribution in [0.2, 0.25) is 5.02 Å². The van der Waals surface area contributed by atoms with Gasteiger partial charge in [-0.2, -0.15) is 0 Å². The zero-order chi connectivity index (χ0) is 19.2. The number of aromatic nitrogens is 2. The van der Waals surface area contributed by atoms with Gasteiger partial charge in [0.05, 0.1) is 23.9 Å². The fourth-order valence-corrected chi connectivity index (χ4v) is 2.71. The van der Waals surface area contributed by atoms with Crippen molar-refractivity contribution in [2.75, 3.05) is 17.7 Å². The highest BCUT2D eigenvalue weighted by Crippen LogP contribution is 2.30. The Morgan fingerprint density at radius 1 is 0.926 bits per heavy atom. The van der Waals surface area contributed by atoms with Crippen molar-refractivity contribution in [1.82, 2.24) is 9.97 Å². The third-order valence-electron chi connectivity index (χ3n) is 3.60. The highest BCUT2D eigenvalue weighted by Gasteiger charge is 2.08. The minimum absolute atomic E-state index is 0.0791. The number of hydrogen-bond acceptors (Lipinski definition) is 6. The number of para-hydroxylation sites is 2. The normalized spacial score (nSPS) is 10.6. The van der Waals surface area contributed by atoms with Crippen molar-refractivity contribution >= 4 is 34.6 Å². The number of rotatable bonds is 7. The summed E-state index contributed by atoms with van der Waals surface area (Å²) in [5.74, 6) is 2.67. The SMILES string of the molecule is COc1ccc(Nc2cc(Nc3ccccc3OC(C)C)ncn2)cc1Cl. The first-order chi connectivity index (χ1) is 13.0. The molecule has 0 saturated heterocycles. The fraction of sp³-hybridized carbons (Fsp3) is 0.200. The third kappa shape index (κ3) is 5.01. The summed E-state index contributed by atoms with van der Waals surface area (Å²) in [6.45, 7) is 3.98. The average molecular weight is 385 g/mol. The van der Waals surface area contributed by atoms with Gasteiger partial charge in [-0.05, 0) is 44.2 Å². The molecule has 0 saturated carbocycles. The highest BCUT2D eigenvalue weighted by molar-refractivity contribution is 6.32. The summed E-state index contributed by atoms with van der Waals surface area (Å²) < 4.78 is 11.0. The lowest BCUT2D eigenvalue weighted by molar-refractivity contribution is 0.244. The summed E-state index contributed by atoms with van der Waals surface area (Å²) in [7, 11) is 1.58. The quantitative estimate of drug-likeness (QED) is 0.567. The van der Waals surface area contributed by atoms with Crippen LogP contribution in [-0.2, 0) is 0 Å². The number of hydrogen-bond donors (Lipinski definition) is 2. The zero-order valence-corrected chi connectivity index (χ0v) is 16.1. The van der Waals surface area contributed by atoms with Gasteiger partial charge < -0.3 is 20.1 Å². The zero-order valence-electron chi connectivity index (χ0n) is 15.4. The molecule has 0 atom stereocenters. The summed E-state index contributed by atoms with van der Waals surface area (Å²) >= 11 is 6.17. The summed E-state index contributed by atoms with van der Waals surface area (Å²) in [6.07, 6.45) is 1.57. The van der Waals surface area contributed by atoms with Gasteiger partial charge in [0.1, 0.15) is 29.5 Å². The van der Waals surface area contributed by atoms with Gasteiger partial charge in [-0.25, -0.2) is 9.97 Å². The van der Waals surface area contributed by atoms with Crippen LogP contribution < -0.4 is 20.1 Å². The Kier molecular flexibility index (Phi) is 5.98. The lowest BCUT2D eigenvalue weighted by Crippen LogP contribution is -2.07. The van der Waals surface area contributed by atoms with Gasteiger partial charge in [0.2, 0.25) is 0 Å². The molecular formula is C20H21ClN4O2. The molecule has 0 bridgehead atoms. The van der Waals surface area contributed by atoms with E-state index in [-0.39, 0.29) is 6.10 Å². The molecule has 0 fully saturated rings. The standard InChI is InChI=1S/C20H21ClN4O2/c1-13(2)27-18-7-5-4-6-16(18)25-20-11-19(22-12-23-20)24-14-8-9-17(26-3)15(21)10-14/h4-13H,1-3H3,(H2,22,23,24,25). The number of benzene rings is 2. The molecule has 140 valence electrons. The minimum Gasteiger partial charge on any atom is -0.495 e. The third-order valence-corrected chi connectivity index (χ3v) is 3.90. The van der Waals surface area contributed by atoms with E-state index in [9.17, 15) is 0 Å². The molecular weight excluding hydrogens is 364 g/mol. The minimum atomic E-state index is 0.0791. The van der Waals surface area contributed by atoms with Crippen LogP contribution in [0.25, 0.3) is 0 Å². The topological polar surface area (TPSA) is 68.3 Å². The Morgan fingerprint density at radius 2 is 1.67 bits per heavy atom. The Labute approximate surface area is 163 Å². The van der Waals surface area contributed by atoms with E-state index in [1.54, 1.807) is 19.2 Å². The van der Waals surface area contributed by atoms with Crippen molar-refractivity contribution in [2.24, 2.45) is 0 Å². The molecule has 0 aliphatic heterocycles. The maximum atomic E-state index is 6.17. The van der Waals surface area contributed by atoms with Crippen LogP contribution in [0.4, 0.5) is 23.0 Å². The van der Waals surface area contributed by atoms with Gasteiger partial charge in [0.25, 0.3) is 0 Å². The first-order valence-corrected chi connectivity index (χ1v) is 8.88. The largest absolute Gasteiger partial charge is 0.495 e. The molecule has 0 unspecified atom stereocenters. The smallest absolute Gasteiger partial charge is 0.143 e. The number of halogens is 1. The maximum absolute atomic E-state index is 6.17. The Balaban J connectivity index is 1.77. The van der Waals surface area contributed by atoms with E-state index in [0.717, 1.165) is 17.1 Å². The van der Waals surface area contributed by atoms with E-state index in [1.165, 1.54) is 6.33 Å². The van der Waals surface area contributed by atoms with Crippen LogP contribution >= 0.6 is 11.6 Å². The molecule has 6 nitrogen and oxygen atoms in total. The molecule has 1 aromatic heterocycles. The Morgan fingerprint density at radius 3 is 2.37 bits per heavy atom. The lowest BCUT2D eigenvalue weighted by Gasteiger charge is -2.15. The Bertz CT molecular complexity index is 918. The monoisotopic (exact) mass is 384 g/mol. The van der Waals surface area contributed by atoms with Crippen LogP contribution in [0.15, 0.2) is 54.9 Å². The van der Waals surface area contributed by atoms with E-state index in [0.29, 0.717) is 22.4 Å². The number of nitrogens with zero attached hydrogens (tertiary/aromatic N) is 2. The maximum Gasteiger partial charge on any atom is 0.143 e. The molecule has 0 spiro atoms. The van der Waals surface area contributed by atoms with Gasteiger partial charge in [-0.1, -0.05) is 23.7 Å².